The van der Waals surface area contributed by atoms with Crippen LogP contribution in [-0.2, 0) is 10.3 Å². The molecule has 0 aliphatic carbocycles. The normalized spacial score (nSPS) is 20.1. The van der Waals surface area contributed by atoms with Crippen LogP contribution in [0.2, 0.25) is 0 Å². The topological polar surface area (TPSA) is 78.8 Å². The Morgan fingerprint density at radius 3 is 2.46 bits per heavy atom. The van der Waals surface area contributed by atoms with Gasteiger partial charge in [0.05, 0.1) is 0 Å². The molecule has 7 nitrogen and oxygen atoms in total. The molecule has 0 aromatic carbocycles. The monoisotopic (exact) mass is 400 g/mol. The summed E-state index contributed by atoms with van der Waals surface area (Å²) in [6.45, 7) is 3.30. The highest BCUT2D eigenvalue weighted by Gasteiger charge is 2.45. The second-order valence-corrected chi connectivity index (χ2v) is 6.77. The molecular formula is C17H26Cl2N6O. The standard InChI is InChI=1S/C17H24N6O.2ClH/c24-16(17(4-7-18-8-5-17)23-11-1-6-21-23)22-12-2-14(3-13-22)15-19-9-10-20-15;;/h1,6,9-11,14,18H,2-5,7-8,12-13H2,(H,19,20);2*1H. The van der Waals surface area contributed by atoms with Crippen LogP contribution < -0.4 is 5.32 Å². The SMILES string of the molecule is Cl.Cl.O=C(N1CCC(c2ncc[nH]2)CC1)C1(n2cccn2)CCNCC1. The van der Waals surface area contributed by atoms with Crippen molar-refractivity contribution in [3.63, 3.8) is 0 Å². The molecule has 2 N–H and O–H groups in total. The van der Waals surface area contributed by atoms with Crippen molar-refractivity contribution in [1.29, 1.82) is 0 Å². The molecule has 4 heterocycles. The van der Waals surface area contributed by atoms with Crippen LogP contribution in [0.3, 0.4) is 0 Å². The molecule has 2 aliphatic rings. The summed E-state index contributed by atoms with van der Waals surface area (Å²) in [5, 5.41) is 7.77. The van der Waals surface area contributed by atoms with Crippen molar-refractivity contribution in [3.05, 3.63) is 36.7 Å². The van der Waals surface area contributed by atoms with Gasteiger partial charge in [-0.05, 0) is 44.8 Å². The number of aromatic nitrogens is 4. The van der Waals surface area contributed by atoms with Crippen molar-refractivity contribution in [1.82, 2.24) is 30.0 Å². The molecule has 144 valence electrons. The lowest BCUT2D eigenvalue weighted by Crippen LogP contribution is -2.56. The first kappa shape index (κ1) is 20.7. The summed E-state index contributed by atoms with van der Waals surface area (Å²) < 4.78 is 1.88. The molecule has 4 rings (SSSR count). The Kier molecular flexibility index (Phi) is 7.08. The van der Waals surface area contributed by atoms with Gasteiger partial charge in [-0.2, -0.15) is 5.10 Å². The number of hydrogen-bond acceptors (Lipinski definition) is 4. The van der Waals surface area contributed by atoms with Crippen LogP contribution >= 0.6 is 24.8 Å². The fourth-order valence-corrected chi connectivity index (χ4v) is 4.05. The van der Waals surface area contributed by atoms with Crippen molar-refractivity contribution in [3.8, 4) is 0 Å². The van der Waals surface area contributed by atoms with Gasteiger partial charge < -0.3 is 15.2 Å². The largest absolute Gasteiger partial charge is 0.348 e. The zero-order chi connectivity index (χ0) is 16.4. The molecule has 26 heavy (non-hydrogen) atoms. The molecule has 0 unspecified atom stereocenters. The molecule has 2 saturated heterocycles. The molecule has 9 heteroatoms. The molecule has 0 atom stereocenters. The number of halogens is 2. The maximum absolute atomic E-state index is 13.4. The van der Waals surface area contributed by atoms with Crippen LogP contribution in [-0.4, -0.2) is 56.7 Å². The minimum atomic E-state index is -0.522. The molecule has 0 spiro atoms. The van der Waals surface area contributed by atoms with Gasteiger partial charge in [-0.3, -0.25) is 9.48 Å². The van der Waals surface area contributed by atoms with Crippen LogP contribution in [0.1, 0.15) is 37.4 Å². The molecule has 2 fully saturated rings. The summed E-state index contributed by atoms with van der Waals surface area (Å²) in [7, 11) is 0. The van der Waals surface area contributed by atoms with Crippen LogP contribution in [0.5, 0.6) is 0 Å². The van der Waals surface area contributed by atoms with Gasteiger partial charge in [0.15, 0.2) is 0 Å². The quantitative estimate of drug-likeness (QED) is 0.824. The number of carbonyl (C=O) groups excluding carboxylic acids is 1. The third kappa shape index (κ3) is 3.75. The fourth-order valence-electron chi connectivity index (χ4n) is 4.05. The number of nitrogens with one attached hydrogen (secondary N) is 2. The number of piperidine rings is 2. The Hall–Kier alpha value is -1.57. The number of hydrogen-bond donors (Lipinski definition) is 2. The smallest absolute Gasteiger partial charge is 0.250 e. The lowest BCUT2D eigenvalue weighted by molar-refractivity contribution is -0.144. The van der Waals surface area contributed by atoms with E-state index in [1.165, 1.54) is 0 Å². The summed E-state index contributed by atoms with van der Waals surface area (Å²) in [6, 6.07) is 1.90. The van der Waals surface area contributed by atoms with Crippen LogP contribution in [0.4, 0.5) is 0 Å². The number of imidazole rings is 1. The summed E-state index contributed by atoms with van der Waals surface area (Å²) in [6.07, 6.45) is 10.9. The van der Waals surface area contributed by atoms with E-state index in [4.69, 9.17) is 0 Å². The Labute approximate surface area is 165 Å². The van der Waals surface area contributed by atoms with Crippen molar-refractivity contribution in [2.45, 2.75) is 37.1 Å². The van der Waals surface area contributed by atoms with Gasteiger partial charge >= 0.3 is 0 Å². The van der Waals surface area contributed by atoms with Crippen molar-refractivity contribution < 1.29 is 4.79 Å². The predicted molar refractivity (Wildman–Crippen MR) is 104 cm³/mol. The zero-order valence-electron chi connectivity index (χ0n) is 14.6. The van der Waals surface area contributed by atoms with E-state index in [1.807, 2.05) is 28.0 Å². The highest BCUT2D eigenvalue weighted by atomic mass is 35.5. The average molecular weight is 401 g/mol. The van der Waals surface area contributed by atoms with E-state index in [0.29, 0.717) is 5.92 Å². The molecule has 0 saturated carbocycles. The number of H-pyrrole nitrogens is 1. The van der Waals surface area contributed by atoms with E-state index in [2.05, 4.69) is 20.4 Å². The molecule has 2 aliphatic heterocycles. The third-order valence-corrected chi connectivity index (χ3v) is 5.46. The zero-order valence-corrected chi connectivity index (χ0v) is 16.3. The number of aromatic amines is 1. The maximum Gasteiger partial charge on any atom is 0.250 e. The second-order valence-electron chi connectivity index (χ2n) is 6.77. The Morgan fingerprint density at radius 1 is 1.15 bits per heavy atom. The van der Waals surface area contributed by atoms with Gasteiger partial charge in [0, 0.05) is 43.8 Å². The van der Waals surface area contributed by atoms with Crippen LogP contribution in [0, 0.1) is 0 Å². The van der Waals surface area contributed by atoms with Crippen molar-refractivity contribution in [2.75, 3.05) is 26.2 Å². The summed E-state index contributed by atoms with van der Waals surface area (Å²) in [5.41, 5.74) is -0.522. The minimum Gasteiger partial charge on any atom is -0.348 e. The third-order valence-electron chi connectivity index (χ3n) is 5.46. The highest BCUT2D eigenvalue weighted by molar-refractivity contribution is 5.86. The summed E-state index contributed by atoms with van der Waals surface area (Å²) in [5.74, 6) is 1.70. The van der Waals surface area contributed by atoms with Gasteiger partial charge in [0.25, 0.3) is 5.91 Å². The molecule has 1 amide bonds. The van der Waals surface area contributed by atoms with E-state index in [-0.39, 0.29) is 30.7 Å². The van der Waals surface area contributed by atoms with E-state index >= 15 is 0 Å². The molecule has 2 aromatic rings. The van der Waals surface area contributed by atoms with Gasteiger partial charge in [0.1, 0.15) is 11.4 Å². The Balaban J connectivity index is 0.00000121. The van der Waals surface area contributed by atoms with Gasteiger partial charge in [-0.25, -0.2) is 4.98 Å². The first-order chi connectivity index (χ1) is 11.8. The number of rotatable bonds is 3. The Morgan fingerprint density at radius 2 is 1.88 bits per heavy atom. The van der Waals surface area contributed by atoms with E-state index in [1.54, 1.807) is 12.4 Å². The van der Waals surface area contributed by atoms with E-state index in [9.17, 15) is 4.79 Å². The molecule has 0 bridgehead atoms. The Bertz CT molecular complexity index is 662. The molecule has 2 aromatic heterocycles. The summed E-state index contributed by atoms with van der Waals surface area (Å²) in [4.78, 5) is 23.0. The summed E-state index contributed by atoms with van der Waals surface area (Å²) >= 11 is 0. The van der Waals surface area contributed by atoms with E-state index < -0.39 is 5.54 Å². The van der Waals surface area contributed by atoms with Crippen molar-refractivity contribution in [2.24, 2.45) is 0 Å². The molecular weight excluding hydrogens is 375 g/mol. The minimum absolute atomic E-state index is 0. The average Bonchev–Trinajstić information content (AvgIpc) is 3.35. The maximum atomic E-state index is 13.4. The lowest BCUT2D eigenvalue weighted by Gasteiger charge is -2.42. The first-order valence-electron chi connectivity index (χ1n) is 8.79. The lowest BCUT2D eigenvalue weighted by atomic mass is 9.85. The fraction of sp³-hybridized carbons (Fsp3) is 0.588. The number of amides is 1. The number of likely N-dealkylation sites (tertiary alicyclic amines) is 1. The van der Waals surface area contributed by atoms with Gasteiger partial charge in [-0.1, -0.05) is 0 Å². The molecule has 0 radical (unpaired) electrons. The number of carbonyl (C=O) groups is 1. The van der Waals surface area contributed by atoms with Gasteiger partial charge in [0.2, 0.25) is 0 Å². The van der Waals surface area contributed by atoms with Crippen LogP contribution in [0.15, 0.2) is 30.9 Å². The first-order valence-corrected chi connectivity index (χ1v) is 8.79. The van der Waals surface area contributed by atoms with E-state index in [0.717, 1.165) is 57.7 Å². The van der Waals surface area contributed by atoms with Gasteiger partial charge in [-0.15, -0.1) is 24.8 Å². The number of nitrogens with zero attached hydrogens (tertiary/aromatic N) is 4. The highest BCUT2D eigenvalue weighted by Crippen LogP contribution is 2.32. The second kappa shape index (κ2) is 8.88. The predicted octanol–water partition coefficient (Wildman–Crippen LogP) is 1.93. The van der Waals surface area contributed by atoms with Crippen molar-refractivity contribution >= 4 is 30.7 Å². The van der Waals surface area contributed by atoms with Crippen LogP contribution in [0.25, 0.3) is 0 Å².